The van der Waals surface area contributed by atoms with Crippen LogP contribution in [-0.2, 0) is 23.6 Å². The number of hydrogen-bond acceptors (Lipinski definition) is 5. The molecule has 2 atom stereocenters. The molecule has 2 fully saturated rings. The van der Waals surface area contributed by atoms with Crippen molar-refractivity contribution in [1.29, 1.82) is 0 Å². The number of nitrogens with zero attached hydrogens (tertiary/aromatic N) is 3. The van der Waals surface area contributed by atoms with Crippen molar-refractivity contribution < 1.29 is 50.2 Å². The van der Waals surface area contributed by atoms with Gasteiger partial charge in [-0.3, -0.25) is 4.90 Å². The highest BCUT2D eigenvalue weighted by atomic mass is 19.4. The van der Waals surface area contributed by atoms with E-state index >= 15 is 4.39 Å². The molecule has 0 aliphatic carbocycles. The molecule has 3 aromatic carbocycles. The molecule has 3 heterocycles. The third-order valence-electron chi connectivity index (χ3n) is 8.78. The number of anilines is 1. The van der Waals surface area contributed by atoms with E-state index in [-0.39, 0.29) is 18.2 Å². The SMILES string of the molecule is Cc1cc(C(=O)O)ccc1-c1cc(F)cc(-c2ccc(N3CCC3)nc2CN2C(=O)O[C@H](c3cc(C(F)(F)F)cc(C(F)(F)F)c3)C2C)c1. The molecular weight excluding hydrogens is 659 g/mol. The minimum atomic E-state index is -5.09. The molecule has 2 saturated heterocycles. The van der Waals surface area contributed by atoms with Crippen LogP contribution in [0.1, 0.15) is 57.8 Å². The smallest absolute Gasteiger partial charge is 0.416 e. The number of rotatable bonds is 7. The Balaban J connectivity index is 1.38. The van der Waals surface area contributed by atoms with E-state index in [1.807, 2.05) is 4.90 Å². The summed E-state index contributed by atoms with van der Waals surface area (Å²) in [6.45, 7) is 4.34. The maximum absolute atomic E-state index is 15.2. The number of halogens is 7. The summed E-state index contributed by atoms with van der Waals surface area (Å²) in [5.74, 6) is -1.14. The standard InChI is InChI=1S/C35H28F7N3O4/c1-18-10-20(32(46)47)4-5-27(18)21-11-22(15-26(36)14-21)28-6-7-30(44-8-3-9-44)43-29(28)17-45-19(2)31(49-33(45)48)23-12-24(34(37,38)39)16-25(13-23)35(40,41)42/h4-7,10-16,19,31H,3,8-9,17H2,1-2H3,(H,46,47)/t19?,31-/m0/s1. The number of carboxylic acids is 1. The molecule has 49 heavy (non-hydrogen) atoms. The first-order chi connectivity index (χ1) is 23.0. The second kappa shape index (κ2) is 12.4. The number of alkyl halides is 6. The number of carbonyl (C=O) groups excluding carboxylic acids is 1. The number of amides is 1. The van der Waals surface area contributed by atoms with E-state index in [0.717, 1.165) is 19.5 Å². The lowest BCUT2D eigenvalue weighted by Gasteiger charge is -2.33. The van der Waals surface area contributed by atoms with Gasteiger partial charge in [0.15, 0.2) is 0 Å². The van der Waals surface area contributed by atoms with Gasteiger partial charge in [0.25, 0.3) is 0 Å². The van der Waals surface area contributed by atoms with Crippen LogP contribution in [0.25, 0.3) is 22.3 Å². The van der Waals surface area contributed by atoms with E-state index < -0.39 is 59.1 Å². The van der Waals surface area contributed by atoms with Crippen LogP contribution < -0.4 is 4.90 Å². The van der Waals surface area contributed by atoms with Crippen molar-refractivity contribution >= 4 is 17.9 Å². The zero-order chi connectivity index (χ0) is 35.4. The minimum absolute atomic E-state index is 0.00937. The second-order valence-corrected chi connectivity index (χ2v) is 12.1. The van der Waals surface area contributed by atoms with Gasteiger partial charge >= 0.3 is 24.4 Å². The van der Waals surface area contributed by atoms with Crippen molar-refractivity contribution in [3.63, 3.8) is 0 Å². The van der Waals surface area contributed by atoms with E-state index in [4.69, 9.17) is 9.72 Å². The fraction of sp³-hybridized carbons (Fsp3) is 0.286. The monoisotopic (exact) mass is 687 g/mol. The Labute approximate surface area is 275 Å². The number of aryl methyl sites for hydroxylation is 1. The van der Waals surface area contributed by atoms with Crippen molar-refractivity contribution in [3.05, 3.63) is 106 Å². The summed E-state index contributed by atoms with van der Waals surface area (Å²) >= 11 is 0. The van der Waals surface area contributed by atoms with Gasteiger partial charge in [0, 0.05) is 18.7 Å². The fourth-order valence-electron chi connectivity index (χ4n) is 6.08. The van der Waals surface area contributed by atoms with Gasteiger partial charge < -0.3 is 14.7 Å². The molecule has 256 valence electrons. The molecule has 0 bridgehead atoms. The predicted octanol–water partition coefficient (Wildman–Crippen LogP) is 8.89. The van der Waals surface area contributed by atoms with Gasteiger partial charge in [-0.05, 0) is 109 Å². The molecule has 2 aliphatic rings. The first kappa shape index (κ1) is 33.7. The van der Waals surface area contributed by atoms with Gasteiger partial charge in [-0.2, -0.15) is 26.3 Å². The van der Waals surface area contributed by atoms with E-state index in [0.29, 0.717) is 51.5 Å². The van der Waals surface area contributed by atoms with E-state index in [2.05, 4.69) is 0 Å². The Morgan fingerprint density at radius 1 is 0.898 bits per heavy atom. The lowest BCUT2D eigenvalue weighted by atomic mass is 9.94. The number of hydrogen-bond donors (Lipinski definition) is 1. The summed E-state index contributed by atoms with van der Waals surface area (Å²) in [6, 6.07) is 12.2. The fourth-order valence-corrected chi connectivity index (χ4v) is 6.08. The lowest BCUT2D eigenvalue weighted by molar-refractivity contribution is -0.143. The minimum Gasteiger partial charge on any atom is -0.478 e. The maximum Gasteiger partial charge on any atom is 0.416 e. The predicted molar refractivity (Wildman–Crippen MR) is 164 cm³/mol. The van der Waals surface area contributed by atoms with Crippen LogP contribution in [0.2, 0.25) is 0 Å². The average Bonchev–Trinajstić information content (AvgIpc) is 3.27. The van der Waals surface area contributed by atoms with Crippen molar-refractivity contribution in [1.82, 2.24) is 9.88 Å². The molecular formula is C35H28F7N3O4. The molecule has 1 unspecified atom stereocenters. The molecule has 14 heteroatoms. The lowest BCUT2D eigenvalue weighted by Crippen LogP contribution is -2.38. The van der Waals surface area contributed by atoms with Crippen molar-refractivity contribution in [3.8, 4) is 22.3 Å². The van der Waals surface area contributed by atoms with Gasteiger partial charge in [0.05, 0.1) is 35.0 Å². The summed E-state index contributed by atoms with van der Waals surface area (Å²) in [6.07, 6.45) is -11.7. The highest BCUT2D eigenvalue weighted by Gasteiger charge is 2.43. The van der Waals surface area contributed by atoms with Crippen molar-refractivity contribution in [2.24, 2.45) is 0 Å². The van der Waals surface area contributed by atoms with Crippen molar-refractivity contribution in [2.45, 2.75) is 51.3 Å². The van der Waals surface area contributed by atoms with Crippen LogP contribution in [0.4, 0.5) is 41.3 Å². The van der Waals surface area contributed by atoms with E-state index in [9.17, 15) is 41.0 Å². The highest BCUT2D eigenvalue weighted by molar-refractivity contribution is 5.89. The molecule has 1 amide bonds. The quantitative estimate of drug-likeness (QED) is 0.196. The third kappa shape index (κ3) is 6.76. The Bertz CT molecular complexity index is 1920. The largest absolute Gasteiger partial charge is 0.478 e. The Morgan fingerprint density at radius 3 is 2.06 bits per heavy atom. The molecule has 0 spiro atoms. The molecule has 0 saturated carbocycles. The summed E-state index contributed by atoms with van der Waals surface area (Å²) in [5.41, 5.74) is -0.750. The molecule has 6 rings (SSSR count). The van der Waals surface area contributed by atoms with Gasteiger partial charge in [-0.1, -0.05) is 6.07 Å². The number of cyclic esters (lactones) is 1. The number of aromatic carboxylic acids is 1. The zero-order valence-corrected chi connectivity index (χ0v) is 26.0. The van der Waals surface area contributed by atoms with Gasteiger partial charge in [0.2, 0.25) is 0 Å². The zero-order valence-electron chi connectivity index (χ0n) is 26.0. The van der Waals surface area contributed by atoms with Crippen molar-refractivity contribution in [2.75, 3.05) is 18.0 Å². The Hall–Kier alpha value is -5.14. The molecule has 7 nitrogen and oxygen atoms in total. The first-order valence-corrected chi connectivity index (χ1v) is 15.2. The third-order valence-corrected chi connectivity index (χ3v) is 8.78. The van der Waals surface area contributed by atoms with Crippen LogP contribution in [0.5, 0.6) is 0 Å². The van der Waals surface area contributed by atoms with Crippen LogP contribution in [-0.4, -0.2) is 46.2 Å². The second-order valence-electron chi connectivity index (χ2n) is 12.1. The van der Waals surface area contributed by atoms with Crippen LogP contribution >= 0.6 is 0 Å². The molecule has 0 radical (unpaired) electrons. The normalized spacial score (nSPS) is 18.0. The Kier molecular flexibility index (Phi) is 8.53. The number of carboxylic acid groups (broad SMARTS) is 1. The number of ether oxygens (including phenoxy) is 1. The number of pyridine rings is 1. The Morgan fingerprint density at radius 2 is 1.51 bits per heavy atom. The van der Waals surface area contributed by atoms with Gasteiger partial charge in [-0.25, -0.2) is 19.0 Å². The average molecular weight is 688 g/mol. The van der Waals surface area contributed by atoms with Crippen LogP contribution in [0.15, 0.2) is 66.7 Å². The number of aromatic nitrogens is 1. The van der Waals surface area contributed by atoms with E-state index in [1.165, 1.54) is 36.1 Å². The highest BCUT2D eigenvalue weighted by Crippen LogP contribution is 2.42. The van der Waals surface area contributed by atoms with Crippen LogP contribution in [0.3, 0.4) is 0 Å². The summed E-state index contributed by atoms with van der Waals surface area (Å²) in [5, 5.41) is 9.35. The first-order valence-electron chi connectivity index (χ1n) is 15.2. The van der Waals surface area contributed by atoms with E-state index in [1.54, 1.807) is 31.2 Å². The molecule has 1 aromatic heterocycles. The van der Waals surface area contributed by atoms with Crippen LogP contribution in [0, 0.1) is 12.7 Å². The topological polar surface area (TPSA) is 83.0 Å². The number of carbonyl (C=O) groups is 2. The summed E-state index contributed by atoms with van der Waals surface area (Å²) in [7, 11) is 0. The maximum atomic E-state index is 15.2. The number of benzene rings is 3. The molecule has 2 aliphatic heterocycles. The summed E-state index contributed by atoms with van der Waals surface area (Å²) in [4.78, 5) is 32.5. The van der Waals surface area contributed by atoms with Gasteiger partial charge in [0.1, 0.15) is 17.7 Å². The summed E-state index contributed by atoms with van der Waals surface area (Å²) < 4.78 is 102. The molecule has 4 aromatic rings. The van der Waals surface area contributed by atoms with Gasteiger partial charge in [-0.15, -0.1) is 0 Å². The molecule has 1 N–H and O–H groups in total.